The van der Waals surface area contributed by atoms with E-state index in [9.17, 15) is 14.0 Å². The van der Waals surface area contributed by atoms with Crippen LogP contribution in [-0.4, -0.2) is 54.9 Å². The summed E-state index contributed by atoms with van der Waals surface area (Å²) in [5, 5.41) is 5.97. The van der Waals surface area contributed by atoms with Crippen LogP contribution in [-0.2, 0) is 16.1 Å². The third kappa shape index (κ3) is 4.80. The van der Waals surface area contributed by atoms with Gasteiger partial charge in [0.2, 0.25) is 5.88 Å². The second-order valence-corrected chi connectivity index (χ2v) is 8.26. The van der Waals surface area contributed by atoms with Gasteiger partial charge in [-0.05, 0) is 43.7 Å². The molecule has 1 fully saturated rings. The largest absolute Gasteiger partial charge is 0.482 e. The Kier molecular flexibility index (Phi) is 6.32. The monoisotopic (exact) mass is 481 g/mol. The van der Waals surface area contributed by atoms with Crippen molar-refractivity contribution in [1.29, 1.82) is 0 Å². The molecule has 0 aliphatic carbocycles. The summed E-state index contributed by atoms with van der Waals surface area (Å²) in [6.45, 7) is 1.26. The molecule has 0 bridgehead atoms. The number of rotatable bonds is 8. The first kappa shape index (κ1) is 22.8. The van der Waals surface area contributed by atoms with E-state index in [-0.39, 0.29) is 25.2 Å². The number of benzene rings is 1. The lowest BCUT2D eigenvalue weighted by atomic mass is 10.1. The highest BCUT2D eigenvalue weighted by molar-refractivity contribution is 5.97. The lowest BCUT2D eigenvalue weighted by Gasteiger charge is -2.20. The van der Waals surface area contributed by atoms with Gasteiger partial charge >= 0.3 is 6.09 Å². The molecule has 0 spiro atoms. The van der Waals surface area contributed by atoms with Crippen LogP contribution in [0, 0.1) is 5.82 Å². The minimum absolute atomic E-state index is 0.0249. The van der Waals surface area contributed by atoms with Crippen LogP contribution in [0.1, 0.15) is 18.4 Å². The molecule has 5 rings (SSSR count). The van der Waals surface area contributed by atoms with Crippen molar-refractivity contribution in [1.82, 2.24) is 15.3 Å². The second-order valence-electron chi connectivity index (χ2n) is 8.26. The zero-order valence-electron chi connectivity index (χ0n) is 19.0. The number of nitrogens with one attached hydrogen (secondary N) is 2. The molecule has 1 atom stereocenters. The summed E-state index contributed by atoms with van der Waals surface area (Å²) in [6, 6.07) is 8.62. The van der Waals surface area contributed by atoms with Gasteiger partial charge in [-0.2, -0.15) is 0 Å². The first-order chi connectivity index (χ1) is 17.0. The standard InChI is InChI=1S/C24H24FN5O5/c1-33-22-7-5-18-23(29-22)16(17(25)11-27-18)10-26-8-2-3-15-12-30(24(32)35-15)14-4-6-20-19(9-14)28-21(31)13-34-20/h4-7,9,11,15,26H,2-3,8,10,12-13H2,1H3,(H,28,31)/t15-/m1/s1. The number of carbonyl (C=O) groups excluding carboxylic acids is 2. The molecule has 182 valence electrons. The fourth-order valence-corrected chi connectivity index (χ4v) is 4.15. The average Bonchev–Trinajstić information content (AvgIpc) is 3.24. The number of fused-ring (bicyclic) bond motifs is 2. The summed E-state index contributed by atoms with van der Waals surface area (Å²) >= 11 is 0. The number of hydrogen-bond donors (Lipinski definition) is 2. The molecule has 11 heteroatoms. The maximum Gasteiger partial charge on any atom is 0.414 e. The van der Waals surface area contributed by atoms with Gasteiger partial charge in [0, 0.05) is 23.9 Å². The van der Waals surface area contributed by atoms with E-state index >= 15 is 0 Å². The van der Waals surface area contributed by atoms with Gasteiger partial charge in [0.1, 0.15) is 23.2 Å². The van der Waals surface area contributed by atoms with Crippen LogP contribution >= 0.6 is 0 Å². The van der Waals surface area contributed by atoms with Gasteiger partial charge in [-0.1, -0.05) is 0 Å². The van der Waals surface area contributed by atoms with Crippen molar-refractivity contribution in [3.8, 4) is 11.6 Å². The van der Waals surface area contributed by atoms with Crippen molar-refractivity contribution in [2.24, 2.45) is 0 Å². The van der Waals surface area contributed by atoms with Gasteiger partial charge in [-0.15, -0.1) is 0 Å². The molecule has 0 saturated carbocycles. The molecule has 2 N–H and O–H groups in total. The Morgan fingerprint density at radius 1 is 1.29 bits per heavy atom. The SMILES string of the molecule is COc1ccc2ncc(F)c(CNCCC[C@@H]3CN(c4ccc5c(c4)NC(=O)CO5)C(=O)O3)c2n1. The van der Waals surface area contributed by atoms with E-state index < -0.39 is 11.9 Å². The number of amides is 2. The number of anilines is 2. The molecule has 2 aliphatic rings. The predicted octanol–water partition coefficient (Wildman–Crippen LogP) is 3.00. The summed E-state index contributed by atoms with van der Waals surface area (Å²) in [4.78, 5) is 33.9. The van der Waals surface area contributed by atoms with Gasteiger partial charge < -0.3 is 24.8 Å². The first-order valence-corrected chi connectivity index (χ1v) is 11.3. The number of carbonyl (C=O) groups is 2. The Bertz CT molecular complexity index is 1290. The molecule has 0 unspecified atom stereocenters. The summed E-state index contributed by atoms with van der Waals surface area (Å²) in [5.74, 6) is 0.291. The molecular weight excluding hydrogens is 457 g/mol. The fraction of sp³-hybridized carbons (Fsp3) is 0.333. The predicted molar refractivity (Wildman–Crippen MR) is 125 cm³/mol. The van der Waals surface area contributed by atoms with Crippen molar-refractivity contribution < 1.29 is 28.2 Å². The third-order valence-electron chi connectivity index (χ3n) is 5.91. The summed E-state index contributed by atoms with van der Waals surface area (Å²) in [5.41, 5.74) is 2.64. The molecule has 35 heavy (non-hydrogen) atoms. The van der Waals surface area contributed by atoms with Crippen LogP contribution in [0.15, 0.2) is 36.5 Å². The number of hydrogen-bond acceptors (Lipinski definition) is 8. The maximum atomic E-state index is 14.4. The number of cyclic esters (lactones) is 1. The van der Waals surface area contributed by atoms with E-state index in [0.29, 0.717) is 59.1 Å². The van der Waals surface area contributed by atoms with E-state index in [1.54, 1.807) is 30.3 Å². The van der Waals surface area contributed by atoms with Crippen LogP contribution in [0.5, 0.6) is 11.6 Å². The van der Waals surface area contributed by atoms with Crippen LogP contribution in [0.25, 0.3) is 11.0 Å². The molecule has 1 saturated heterocycles. The first-order valence-electron chi connectivity index (χ1n) is 11.3. The Hall–Kier alpha value is -3.99. The molecule has 4 heterocycles. The van der Waals surface area contributed by atoms with Gasteiger partial charge in [-0.25, -0.2) is 14.2 Å². The number of methoxy groups -OCH3 is 1. The van der Waals surface area contributed by atoms with E-state index in [2.05, 4.69) is 20.6 Å². The van der Waals surface area contributed by atoms with Crippen molar-refractivity contribution >= 4 is 34.4 Å². The normalized spacial score (nSPS) is 17.1. The molecule has 2 aliphatic heterocycles. The highest BCUT2D eigenvalue weighted by atomic mass is 19.1. The molecule has 2 aromatic heterocycles. The van der Waals surface area contributed by atoms with Crippen molar-refractivity contribution in [2.75, 3.05) is 37.0 Å². The summed E-state index contributed by atoms with van der Waals surface area (Å²) in [7, 11) is 1.51. The number of aromatic nitrogens is 2. The van der Waals surface area contributed by atoms with Crippen LogP contribution < -0.4 is 25.0 Å². The molecule has 2 amide bonds. The number of nitrogens with zero attached hydrogens (tertiary/aromatic N) is 3. The quantitative estimate of drug-likeness (QED) is 0.472. The van der Waals surface area contributed by atoms with Gasteiger partial charge in [0.05, 0.1) is 31.1 Å². The summed E-state index contributed by atoms with van der Waals surface area (Å²) in [6.07, 6.45) is 1.86. The smallest absolute Gasteiger partial charge is 0.414 e. The Labute approximate surface area is 200 Å². The third-order valence-corrected chi connectivity index (χ3v) is 5.91. The molecule has 0 radical (unpaired) electrons. The van der Waals surface area contributed by atoms with E-state index in [4.69, 9.17) is 14.2 Å². The van der Waals surface area contributed by atoms with E-state index in [1.807, 2.05) is 0 Å². The zero-order chi connectivity index (χ0) is 24.4. The number of pyridine rings is 2. The van der Waals surface area contributed by atoms with Crippen LogP contribution in [0.4, 0.5) is 20.6 Å². The van der Waals surface area contributed by atoms with Crippen LogP contribution in [0.3, 0.4) is 0 Å². The average molecular weight is 481 g/mol. The molecule has 3 aromatic rings. The van der Waals surface area contributed by atoms with E-state index in [1.165, 1.54) is 18.2 Å². The van der Waals surface area contributed by atoms with Crippen molar-refractivity contribution in [2.45, 2.75) is 25.5 Å². The minimum atomic E-state index is -0.434. The topological polar surface area (TPSA) is 115 Å². The van der Waals surface area contributed by atoms with Gasteiger partial charge in [0.15, 0.2) is 6.61 Å². The summed E-state index contributed by atoms with van der Waals surface area (Å²) < 4.78 is 30.4. The van der Waals surface area contributed by atoms with Crippen LogP contribution in [0.2, 0.25) is 0 Å². The highest BCUT2D eigenvalue weighted by Gasteiger charge is 2.32. The molecule has 1 aromatic carbocycles. The number of halogens is 1. The highest BCUT2D eigenvalue weighted by Crippen LogP contribution is 2.33. The van der Waals surface area contributed by atoms with E-state index in [0.717, 1.165) is 6.42 Å². The minimum Gasteiger partial charge on any atom is -0.482 e. The Morgan fingerprint density at radius 2 is 2.17 bits per heavy atom. The Balaban J connectivity index is 1.14. The fourth-order valence-electron chi connectivity index (χ4n) is 4.15. The van der Waals surface area contributed by atoms with Crippen molar-refractivity contribution in [3.63, 3.8) is 0 Å². The molecule has 10 nitrogen and oxygen atoms in total. The Morgan fingerprint density at radius 3 is 3.03 bits per heavy atom. The second kappa shape index (κ2) is 9.71. The van der Waals surface area contributed by atoms with Gasteiger partial charge in [0.25, 0.3) is 5.91 Å². The van der Waals surface area contributed by atoms with Gasteiger partial charge in [-0.3, -0.25) is 14.7 Å². The maximum absolute atomic E-state index is 14.4. The zero-order valence-corrected chi connectivity index (χ0v) is 19.0. The lowest BCUT2D eigenvalue weighted by Crippen LogP contribution is -2.27. The lowest BCUT2D eigenvalue weighted by molar-refractivity contribution is -0.118. The molecular formula is C24H24FN5O5. The number of ether oxygens (including phenoxy) is 3. The van der Waals surface area contributed by atoms with Crippen molar-refractivity contribution in [3.05, 3.63) is 47.9 Å².